The van der Waals surface area contributed by atoms with Crippen LogP contribution in [-0.4, -0.2) is 30.8 Å². The van der Waals surface area contributed by atoms with E-state index in [0.29, 0.717) is 16.3 Å². The minimum absolute atomic E-state index is 0.114. The van der Waals surface area contributed by atoms with Gasteiger partial charge in [0.1, 0.15) is 0 Å². The normalized spacial score (nSPS) is 15.2. The zero-order valence-corrected chi connectivity index (χ0v) is 17.9. The highest BCUT2D eigenvalue weighted by Gasteiger charge is 2.36. The topological polar surface area (TPSA) is 72.9 Å². The van der Waals surface area contributed by atoms with Crippen molar-refractivity contribution in [1.82, 2.24) is 0 Å². The second kappa shape index (κ2) is 9.09. The molecule has 29 heavy (non-hydrogen) atoms. The molecule has 0 unspecified atom stereocenters. The lowest BCUT2D eigenvalue weighted by atomic mass is 10.2. The van der Waals surface area contributed by atoms with E-state index in [0.717, 1.165) is 16.7 Å². The van der Waals surface area contributed by atoms with Gasteiger partial charge in [0.15, 0.2) is 12.4 Å². The maximum absolute atomic E-state index is 12.7. The Balaban J connectivity index is 1.86. The van der Waals surface area contributed by atoms with Crippen LogP contribution in [0.3, 0.4) is 0 Å². The third-order valence-corrected chi connectivity index (χ3v) is 5.41. The lowest BCUT2D eigenvalue weighted by molar-refractivity contribution is -0.142. The van der Waals surface area contributed by atoms with Gasteiger partial charge >= 0.3 is 5.97 Å². The Bertz CT molecular complexity index is 1020. The summed E-state index contributed by atoms with van der Waals surface area (Å²) in [5, 5.41) is 0.244. The van der Waals surface area contributed by atoms with E-state index in [2.05, 4.69) is 4.74 Å². The Morgan fingerprint density at radius 2 is 1.83 bits per heavy atom. The molecular formula is C19H12Cl3NO5S. The summed E-state index contributed by atoms with van der Waals surface area (Å²) < 4.78 is 9.76. The number of imide groups is 1. The molecule has 1 fully saturated rings. The van der Waals surface area contributed by atoms with Gasteiger partial charge in [-0.2, -0.15) is 0 Å². The van der Waals surface area contributed by atoms with E-state index in [1.54, 1.807) is 18.2 Å². The molecule has 2 aromatic carbocycles. The third-order valence-electron chi connectivity index (χ3n) is 3.74. The van der Waals surface area contributed by atoms with E-state index in [1.165, 1.54) is 31.4 Å². The van der Waals surface area contributed by atoms with Crippen LogP contribution in [0.15, 0.2) is 41.3 Å². The molecule has 0 radical (unpaired) electrons. The first-order valence-electron chi connectivity index (χ1n) is 8.02. The molecule has 1 aliphatic rings. The fourth-order valence-corrected chi connectivity index (χ4v) is 4.09. The summed E-state index contributed by atoms with van der Waals surface area (Å²) in [6.07, 6.45) is 1.50. The molecule has 0 saturated carbocycles. The highest BCUT2D eigenvalue weighted by atomic mass is 35.5. The monoisotopic (exact) mass is 471 g/mol. The van der Waals surface area contributed by atoms with Crippen molar-refractivity contribution in [3.63, 3.8) is 0 Å². The van der Waals surface area contributed by atoms with Crippen LogP contribution in [0, 0.1) is 0 Å². The zero-order valence-electron chi connectivity index (χ0n) is 14.8. The second-order valence-corrected chi connectivity index (χ2v) is 7.92. The van der Waals surface area contributed by atoms with E-state index in [1.807, 2.05) is 0 Å². The largest absolute Gasteiger partial charge is 0.479 e. The van der Waals surface area contributed by atoms with Crippen molar-refractivity contribution in [3.8, 4) is 5.75 Å². The van der Waals surface area contributed by atoms with Gasteiger partial charge in [-0.1, -0.05) is 40.9 Å². The third kappa shape index (κ3) is 4.87. The smallest absolute Gasteiger partial charge is 0.343 e. The number of halogens is 3. The molecule has 6 nitrogen and oxygen atoms in total. The predicted octanol–water partition coefficient (Wildman–Crippen LogP) is 5.44. The molecule has 0 bridgehead atoms. The van der Waals surface area contributed by atoms with Crippen LogP contribution >= 0.6 is 46.6 Å². The van der Waals surface area contributed by atoms with Gasteiger partial charge in [-0.15, -0.1) is 0 Å². The van der Waals surface area contributed by atoms with Gasteiger partial charge < -0.3 is 9.47 Å². The van der Waals surface area contributed by atoms with Crippen LogP contribution in [0.4, 0.5) is 10.5 Å². The molecular weight excluding hydrogens is 461 g/mol. The summed E-state index contributed by atoms with van der Waals surface area (Å²) in [5.74, 6) is -0.959. The first-order chi connectivity index (χ1) is 13.8. The Hall–Kier alpha value is -2.19. The van der Waals surface area contributed by atoms with Gasteiger partial charge in [-0.05, 0) is 53.7 Å². The molecule has 3 rings (SSSR count). The van der Waals surface area contributed by atoms with Crippen LogP contribution in [-0.2, 0) is 14.3 Å². The number of rotatable bonds is 5. The number of methoxy groups -OCH3 is 1. The summed E-state index contributed by atoms with van der Waals surface area (Å²) in [5.41, 5.74) is 0.869. The Kier molecular flexibility index (Phi) is 6.74. The molecule has 0 spiro atoms. The van der Waals surface area contributed by atoms with Crippen molar-refractivity contribution >= 4 is 75.4 Å². The van der Waals surface area contributed by atoms with Crippen molar-refractivity contribution < 1.29 is 23.9 Å². The maximum Gasteiger partial charge on any atom is 0.343 e. The summed E-state index contributed by atoms with van der Waals surface area (Å²) >= 11 is 19.1. The van der Waals surface area contributed by atoms with Crippen molar-refractivity contribution in [1.29, 1.82) is 0 Å². The van der Waals surface area contributed by atoms with Crippen LogP contribution in [0.5, 0.6) is 5.75 Å². The number of carbonyl (C=O) groups excluding carboxylic acids is 3. The Labute approximate surface area is 185 Å². The number of carbonyl (C=O) groups is 3. The number of hydrogen-bond acceptors (Lipinski definition) is 6. The van der Waals surface area contributed by atoms with Crippen LogP contribution in [0.2, 0.25) is 15.1 Å². The van der Waals surface area contributed by atoms with Gasteiger partial charge in [0.25, 0.3) is 11.1 Å². The molecule has 1 saturated heterocycles. The average Bonchev–Trinajstić information content (AvgIpc) is 2.94. The maximum atomic E-state index is 12.7. The number of thioether (sulfide) groups is 1. The zero-order chi connectivity index (χ0) is 21.1. The number of amides is 2. The van der Waals surface area contributed by atoms with E-state index in [4.69, 9.17) is 39.5 Å². The standard InChI is InChI=1S/C19H12Cl3NO5S/c1-27-16(24)9-28-17-13(21)5-10(6-14(17)22)7-15-18(25)23(19(26)29-15)12-4-2-3-11(20)8-12/h2-8H,9H2,1H3/b15-7+. The lowest BCUT2D eigenvalue weighted by Gasteiger charge is -2.12. The highest BCUT2D eigenvalue weighted by Crippen LogP contribution is 2.39. The average molecular weight is 473 g/mol. The molecule has 10 heteroatoms. The SMILES string of the molecule is COC(=O)COc1c(Cl)cc(/C=C2/SC(=O)N(c3cccc(Cl)c3)C2=O)cc1Cl. The highest BCUT2D eigenvalue weighted by molar-refractivity contribution is 8.19. The second-order valence-electron chi connectivity index (χ2n) is 5.68. The molecule has 0 aliphatic carbocycles. The molecule has 150 valence electrons. The predicted molar refractivity (Wildman–Crippen MR) is 114 cm³/mol. The quantitative estimate of drug-likeness (QED) is 0.426. The Morgan fingerprint density at radius 1 is 1.14 bits per heavy atom. The first kappa shape index (κ1) is 21.5. The number of esters is 1. The minimum Gasteiger partial charge on any atom is -0.479 e. The first-order valence-corrected chi connectivity index (χ1v) is 9.97. The lowest BCUT2D eigenvalue weighted by Crippen LogP contribution is -2.27. The van der Waals surface area contributed by atoms with Crippen LogP contribution in [0.25, 0.3) is 6.08 Å². The van der Waals surface area contributed by atoms with E-state index >= 15 is 0 Å². The fourth-order valence-electron chi connectivity index (χ4n) is 2.45. The van der Waals surface area contributed by atoms with E-state index < -0.39 is 17.1 Å². The van der Waals surface area contributed by atoms with Crippen LogP contribution in [0.1, 0.15) is 5.56 Å². The number of ether oxygens (including phenoxy) is 2. The van der Waals surface area contributed by atoms with Gasteiger partial charge in [0.2, 0.25) is 0 Å². The summed E-state index contributed by atoms with van der Waals surface area (Å²) in [6, 6.07) is 9.46. The fraction of sp³-hybridized carbons (Fsp3) is 0.105. The molecule has 0 atom stereocenters. The summed E-state index contributed by atoms with van der Waals surface area (Å²) in [4.78, 5) is 37.5. The van der Waals surface area contributed by atoms with Crippen molar-refractivity contribution in [3.05, 3.63) is 61.9 Å². The molecule has 0 aromatic heterocycles. The number of benzene rings is 2. The van der Waals surface area contributed by atoms with Crippen molar-refractivity contribution in [2.24, 2.45) is 0 Å². The minimum atomic E-state index is -0.587. The van der Waals surface area contributed by atoms with E-state index in [9.17, 15) is 14.4 Å². The molecule has 1 aliphatic heterocycles. The summed E-state index contributed by atoms with van der Waals surface area (Å²) in [6.45, 7) is -0.353. The van der Waals surface area contributed by atoms with Gasteiger partial charge in [0.05, 0.1) is 27.7 Å². The van der Waals surface area contributed by atoms with Crippen molar-refractivity contribution in [2.45, 2.75) is 0 Å². The molecule has 2 amide bonds. The number of nitrogens with zero attached hydrogens (tertiary/aromatic N) is 1. The summed E-state index contributed by atoms with van der Waals surface area (Å²) in [7, 11) is 1.23. The number of anilines is 1. The van der Waals surface area contributed by atoms with E-state index in [-0.39, 0.29) is 27.3 Å². The molecule has 0 N–H and O–H groups in total. The van der Waals surface area contributed by atoms with Gasteiger partial charge in [-0.25, -0.2) is 9.69 Å². The molecule has 2 aromatic rings. The molecule has 1 heterocycles. The van der Waals surface area contributed by atoms with Crippen molar-refractivity contribution in [2.75, 3.05) is 18.6 Å². The van der Waals surface area contributed by atoms with Gasteiger partial charge in [-0.3, -0.25) is 9.59 Å². The van der Waals surface area contributed by atoms with Gasteiger partial charge in [0, 0.05) is 5.02 Å². The number of hydrogen-bond donors (Lipinski definition) is 0. The Morgan fingerprint density at radius 3 is 2.45 bits per heavy atom. The van der Waals surface area contributed by atoms with Crippen LogP contribution < -0.4 is 9.64 Å².